The Morgan fingerprint density at radius 3 is 2.26 bits per heavy atom. The number of rotatable bonds is 9. The van der Waals surface area contributed by atoms with Gasteiger partial charge in [0.05, 0.1) is 0 Å². The first-order chi connectivity index (χ1) is 14.9. The maximum absolute atomic E-state index is 13.0. The van der Waals surface area contributed by atoms with Gasteiger partial charge in [-0.25, -0.2) is 4.79 Å². The predicted molar refractivity (Wildman–Crippen MR) is 116 cm³/mol. The first-order valence-electron chi connectivity index (χ1n) is 10.5. The van der Waals surface area contributed by atoms with Gasteiger partial charge in [0, 0.05) is 18.4 Å². The normalized spacial score (nSPS) is 18.1. The summed E-state index contributed by atoms with van der Waals surface area (Å²) in [5.41, 5.74) is 3.48. The largest absolute Gasteiger partial charge is 0.344 e. The molecule has 0 bridgehead atoms. The number of hydrogen-bond donors (Lipinski definition) is 2. The molecule has 0 radical (unpaired) electrons. The fourth-order valence-corrected chi connectivity index (χ4v) is 3.74. The Balaban J connectivity index is 1.60. The summed E-state index contributed by atoms with van der Waals surface area (Å²) in [5, 5.41) is 3.41. The average molecular weight is 421 g/mol. The van der Waals surface area contributed by atoms with Gasteiger partial charge < -0.3 is 5.32 Å². The van der Waals surface area contributed by atoms with Gasteiger partial charge in [-0.3, -0.25) is 19.8 Å². The molecular formula is C24H27N3O4. The molecule has 31 heavy (non-hydrogen) atoms. The third-order valence-corrected chi connectivity index (χ3v) is 5.52. The highest BCUT2D eigenvalue weighted by Gasteiger charge is 2.52. The molecule has 2 aromatic rings. The Morgan fingerprint density at radius 2 is 1.65 bits per heavy atom. The molecule has 7 heteroatoms. The van der Waals surface area contributed by atoms with Gasteiger partial charge in [-0.05, 0) is 24.0 Å². The van der Waals surface area contributed by atoms with Crippen LogP contribution in [0.2, 0.25) is 0 Å². The number of imide groups is 1. The molecule has 7 nitrogen and oxygen atoms in total. The molecular weight excluding hydrogens is 394 g/mol. The lowest BCUT2D eigenvalue weighted by Gasteiger charge is -2.25. The Morgan fingerprint density at radius 1 is 0.968 bits per heavy atom. The molecule has 162 valence electrons. The lowest BCUT2D eigenvalue weighted by atomic mass is 9.87. The van der Waals surface area contributed by atoms with Crippen molar-refractivity contribution in [2.24, 2.45) is 0 Å². The lowest BCUT2D eigenvalue weighted by Crippen LogP contribution is -2.48. The van der Waals surface area contributed by atoms with Crippen molar-refractivity contribution < 1.29 is 19.2 Å². The fourth-order valence-electron chi connectivity index (χ4n) is 3.74. The molecule has 0 aliphatic carbocycles. The minimum atomic E-state index is -1.22. The molecule has 0 aromatic heterocycles. The molecule has 3 rings (SSSR count). The summed E-state index contributed by atoms with van der Waals surface area (Å²) >= 11 is 0. The molecule has 2 aromatic carbocycles. The van der Waals surface area contributed by atoms with Gasteiger partial charge in [-0.15, -0.1) is 0 Å². The predicted octanol–water partition coefficient (Wildman–Crippen LogP) is 3.49. The monoisotopic (exact) mass is 421 g/mol. The highest BCUT2D eigenvalue weighted by atomic mass is 16.2. The first-order valence-corrected chi connectivity index (χ1v) is 10.5. The molecule has 1 fully saturated rings. The maximum Gasteiger partial charge on any atom is 0.344 e. The second kappa shape index (κ2) is 9.55. The van der Waals surface area contributed by atoms with E-state index in [0.29, 0.717) is 22.6 Å². The molecule has 0 spiro atoms. The van der Waals surface area contributed by atoms with Gasteiger partial charge >= 0.3 is 6.03 Å². The topological polar surface area (TPSA) is 95.6 Å². The van der Waals surface area contributed by atoms with Crippen LogP contribution in [0.3, 0.4) is 0 Å². The van der Waals surface area contributed by atoms with E-state index in [9.17, 15) is 19.2 Å². The standard InChI is InChI=1S/C24H27N3O4/c1-3-8-17-11-13-18(14-12-17)20(28)15-16-21(29)26-27-22(30)24(4-2,25-23(27)31)19-9-6-5-7-10-19/h5-7,9-14H,3-4,8,15-16H2,1-2H3,(H,25,31)(H,26,29)/t24-/m0/s1. The van der Waals surface area contributed by atoms with Crippen molar-refractivity contribution in [1.29, 1.82) is 0 Å². The lowest BCUT2D eigenvalue weighted by molar-refractivity contribution is -0.139. The van der Waals surface area contributed by atoms with Crippen molar-refractivity contribution >= 4 is 23.6 Å². The van der Waals surface area contributed by atoms with Crippen molar-refractivity contribution in [3.63, 3.8) is 0 Å². The second-order valence-electron chi connectivity index (χ2n) is 7.60. The van der Waals surface area contributed by atoms with Crippen LogP contribution in [0.5, 0.6) is 0 Å². The molecule has 1 aliphatic rings. The fraction of sp³-hybridized carbons (Fsp3) is 0.333. The Bertz CT molecular complexity index is 972. The van der Waals surface area contributed by atoms with Crippen LogP contribution < -0.4 is 10.7 Å². The molecule has 0 saturated carbocycles. The molecule has 2 N–H and O–H groups in total. The maximum atomic E-state index is 13.0. The molecule has 1 aliphatic heterocycles. The van der Waals surface area contributed by atoms with E-state index in [1.165, 1.54) is 0 Å². The highest BCUT2D eigenvalue weighted by molar-refractivity contribution is 6.08. The number of hydrazine groups is 1. The van der Waals surface area contributed by atoms with Gasteiger partial charge in [0.2, 0.25) is 5.91 Å². The summed E-state index contributed by atoms with van der Waals surface area (Å²) in [6.45, 7) is 3.88. The van der Waals surface area contributed by atoms with Gasteiger partial charge in [0.1, 0.15) is 5.54 Å². The number of Topliss-reactive ketones (excluding diaryl/α,β-unsaturated/α-hetero) is 1. The van der Waals surface area contributed by atoms with E-state index in [2.05, 4.69) is 17.7 Å². The number of nitrogens with one attached hydrogen (secondary N) is 2. The van der Waals surface area contributed by atoms with Gasteiger partial charge in [-0.2, -0.15) is 5.01 Å². The van der Waals surface area contributed by atoms with Crippen LogP contribution in [0.15, 0.2) is 54.6 Å². The van der Waals surface area contributed by atoms with Crippen LogP contribution in [0.4, 0.5) is 4.79 Å². The Kier molecular flexibility index (Phi) is 6.84. The average Bonchev–Trinajstić information content (AvgIpc) is 3.04. The number of urea groups is 1. The van der Waals surface area contributed by atoms with Crippen molar-refractivity contribution in [2.75, 3.05) is 0 Å². The van der Waals surface area contributed by atoms with Crippen molar-refractivity contribution in [3.05, 3.63) is 71.3 Å². The molecule has 1 saturated heterocycles. The van der Waals surface area contributed by atoms with Crippen LogP contribution >= 0.6 is 0 Å². The third kappa shape index (κ3) is 4.66. The van der Waals surface area contributed by atoms with Crippen molar-refractivity contribution in [2.45, 2.75) is 51.5 Å². The van der Waals surface area contributed by atoms with E-state index in [1.807, 2.05) is 18.2 Å². The first kappa shape index (κ1) is 22.2. The van der Waals surface area contributed by atoms with Crippen LogP contribution in [0.1, 0.15) is 61.0 Å². The van der Waals surface area contributed by atoms with E-state index >= 15 is 0 Å². The highest BCUT2D eigenvalue weighted by Crippen LogP contribution is 2.31. The molecule has 4 amide bonds. The summed E-state index contributed by atoms with van der Waals surface area (Å²) in [7, 11) is 0. The molecule has 1 atom stereocenters. The number of nitrogens with zero attached hydrogens (tertiary/aromatic N) is 1. The van der Waals surface area contributed by atoms with Crippen molar-refractivity contribution in [1.82, 2.24) is 15.8 Å². The summed E-state index contributed by atoms with van der Waals surface area (Å²) in [5.74, 6) is -1.28. The summed E-state index contributed by atoms with van der Waals surface area (Å²) < 4.78 is 0. The van der Waals surface area contributed by atoms with Gasteiger partial charge in [-0.1, -0.05) is 74.9 Å². The van der Waals surface area contributed by atoms with Crippen LogP contribution in [-0.4, -0.2) is 28.6 Å². The minimum absolute atomic E-state index is 0.0137. The number of carbonyl (C=O) groups is 4. The zero-order chi connectivity index (χ0) is 22.4. The minimum Gasteiger partial charge on any atom is -0.318 e. The molecule has 0 unspecified atom stereocenters. The number of hydrogen-bond acceptors (Lipinski definition) is 4. The zero-order valence-corrected chi connectivity index (χ0v) is 17.8. The SMILES string of the molecule is CCCc1ccc(C(=O)CCC(=O)NN2C(=O)N[C@@](CC)(c3ccccc3)C2=O)cc1. The van der Waals surface area contributed by atoms with E-state index in [1.54, 1.807) is 43.3 Å². The van der Waals surface area contributed by atoms with Gasteiger partial charge in [0.25, 0.3) is 5.91 Å². The van der Waals surface area contributed by atoms with Crippen molar-refractivity contribution in [3.8, 4) is 0 Å². The van der Waals surface area contributed by atoms with E-state index in [-0.39, 0.29) is 18.6 Å². The van der Waals surface area contributed by atoms with E-state index in [0.717, 1.165) is 18.4 Å². The number of benzene rings is 2. The Hall–Kier alpha value is -3.48. The number of amides is 4. The summed E-state index contributed by atoms with van der Waals surface area (Å²) in [6, 6.07) is 15.6. The number of aryl methyl sites for hydroxylation is 1. The third-order valence-electron chi connectivity index (χ3n) is 5.52. The smallest absolute Gasteiger partial charge is 0.318 e. The van der Waals surface area contributed by atoms with Crippen LogP contribution in [0, 0.1) is 0 Å². The van der Waals surface area contributed by atoms with Crippen LogP contribution in [0.25, 0.3) is 0 Å². The van der Waals surface area contributed by atoms with Gasteiger partial charge in [0.15, 0.2) is 5.78 Å². The van der Waals surface area contributed by atoms with Crippen LogP contribution in [-0.2, 0) is 21.5 Å². The Labute approximate surface area is 181 Å². The quantitative estimate of drug-likeness (QED) is 0.479. The number of ketones is 1. The zero-order valence-electron chi connectivity index (χ0n) is 17.8. The molecule has 1 heterocycles. The van der Waals surface area contributed by atoms with E-state index in [4.69, 9.17) is 0 Å². The van der Waals surface area contributed by atoms with E-state index < -0.39 is 23.4 Å². The summed E-state index contributed by atoms with van der Waals surface area (Å²) in [6.07, 6.45) is 2.17. The second-order valence-corrected chi connectivity index (χ2v) is 7.60. The number of carbonyl (C=O) groups excluding carboxylic acids is 4. The summed E-state index contributed by atoms with van der Waals surface area (Å²) in [4.78, 5) is 50.2.